The molecule has 30 heavy (non-hydrogen) atoms. The van der Waals surface area contributed by atoms with Crippen molar-refractivity contribution in [1.82, 2.24) is 14.5 Å². The molecule has 0 bridgehead atoms. The monoisotopic (exact) mass is 435 g/mol. The molecule has 2 heterocycles. The van der Waals surface area contributed by atoms with Gasteiger partial charge in [-0.25, -0.2) is 8.42 Å². The third-order valence-corrected chi connectivity index (χ3v) is 8.25. The fraction of sp³-hybridized carbons (Fsp3) is 0.696. The van der Waals surface area contributed by atoms with Gasteiger partial charge in [-0.15, -0.1) is 0 Å². The van der Waals surface area contributed by atoms with Crippen LogP contribution in [0.4, 0.5) is 0 Å². The Morgan fingerprint density at radius 1 is 1.00 bits per heavy atom. The first kappa shape index (κ1) is 23.2. The van der Waals surface area contributed by atoms with Crippen molar-refractivity contribution < 1.29 is 13.2 Å². The predicted octanol–water partition coefficient (Wildman–Crippen LogP) is 3.21. The number of hydrogen-bond donors (Lipinski definition) is 1. The number of likely N-dealkylation sites (tertiary alicyclic amines) is 1. The summed E-state index contributed by atoms with van der Waals surface area (Å²) in [4.78, 5) is 15.1. The predicted molar refractivity (Wildman–Crippen MR) is 120 cm³/mol. The summed E-state index contributed by atoms with van der Waals surface area (Å²) in [7, 11) is -3.51. The lowest BCUT2D eigenvalue weighted by Gasteiger charge is -2.34. The van der Waals surface area contributed by atoms with Crippen LogP contribution < -0.4 is 5.32 Å². The summed E-state index contributed by atoms with van der Waals surface area (Å²) in [5.41, 5.74) is 0.501. The number of carbonyl (C=O) groups excluding carboxylic acids is 1. The highest BCUT2D eigenvalue weighted by atomic mass is 32.2. The van der Waals surface area contributed by atoms with Crippen molar-refractivity contribution in [3.8, 4) is 0 Å². The largest absolute Gasteiger partial charge is 0.352 e. The van der Waals surface area contributed by atoms with E-state index in [2.05, 4.69) is 31.0 Å². The zero-order valence-electron chi connectivity index (χ0n) is 18.6. The first-order valence-corrected chi connectivity index (χ1v) is 12.8. The number of amides is 1. The Labute approximate surface area is 182 Å². The molecule has 0 saturated carbocycles. The third-order valence-electron chi connectivity index (χ3n) is 6.40. The van der Waals surface area contributed by atoms with Gasteiger partial charge in [-0.3, -0.25) is 4.79 Å². The van der Waals surface area contributed by atoms with E-state index < -0.39 is 10.0 Å². The van der Waals surface area contributed by atoms with Crippen molar-refractivity contribution in [2.45, 2.75) is 51.3 Å². The molecule has 7 heteroatoms. The van der Waals surface area contributed by atoms with Gasteiger partial charge in [0.05, 0.1) is 4.90 Å². The maximum Gasteiger partial charge on any atom is 0.251 e. The molecule has 1 amide bonds. The minimum absolute atomic E-state index is 0.147. The average Bonchev–Trinajstić information content (AvgIpc) is 2.71. The van der Waals surface area contributed by atoms with Crippen LogP contribution in [0.1, 0.15) is 56.8 Å². The van der Waals surface area contributed by atoms with Gasteiger partial charge >= 0.3 is 0 Å². The number of hydrogen-bond acceptors (Lipinski definition) is 4. The van der Waals surface area contributed by atoms with Crippen LogP contribution in [-0.2, 0) is 10.0 Å². The van der Waals surface area contributed by atoms with Gasteiger partial charge in [-0.05, 0) is 87.3 Å². The summed E-state index contributed by atoms with van der Waals surface area (Å²) in [5.74, 6) is 1.41. The minimum atomic E-state index is -3.51. The number of rotatable bonds is 7. The first-order valence-electron chi connectivity index (χ1n) is 11.4. The standard InChI is InChI=1S/C23H37N3O3S/c1-18-9-13-25(14-10-18)12-4-11-24-23(27)21-5-7-22(8-6-21)30(28,29)26-16-19(2)15-20(3)17-26/h5-8,18-20H,4,9-17H2,1-3H3,(H,24,27)/t19-,20+. The summed E-state index contributed by atoms with van der Waals surface area (Å²) >= 11 is 0. The van der Waals surface area contributed by atoms with E-state index in [1.807, 2.05) is 0 Å². The normalized spacial score (nSPS) is 24.6. The van der Waals surface area contributed by atoms with E-state index in [-0.39, 0.29) is 10.8 Å². The van der Waals surface area contributed by atoms with Crippen molar-refractivity contribution in [3.05, 3.63) is 29.8 Å². The van der Waals surface area contributed by atoms with Crippen molar-refractivity contribution in [1.29, 1.82) is 0 Å². The molecule has 2 saturated heterocycles. The zero-order valence-corrected chi connectivity index (χ0v) is 19.5. The molecule has 0 aromatic heterocycles. The van der Waals surface area contributed by atoms with E-state index in [4.69, 9.17) is 0 Å². The molecular formula is C23H37N3O3S. The average molecular weight is 436 g/mol. The Kier molecular flexibility index (Phi) is 7.93. The van der Waals surface area contributed by atoms with Crippen LogP contribution >= 0.6 is 0 Å². The zero-order chi connectivity index (χ0) is 21.7. The molecule has 0 unspecified atom stereocenters. The second kappa shape index (κ2) is 10.2. The smallest absolute Gasteiger partial charge is 0.251 e. The highest BCUT2D eigenvalue weighted by molar-refractivity contribution is 7.89. The van der Waals surface area contributed by atoms with Crippen molar-refractivity contribution in [3.63, 3.8) is 0 Å². The Morgan fingerprint density at radius 2 is 1.60 bits per heavy atom. The molecule has 168 valence electrons. The van der Waals surface area contributed by atoms with Crippen molar-refractivity contribution in [2.75, 3.05) is 39.3 Å². The van der Waals surface area contributed by atoms with Crippen LogP contribution in [0.15, 0.2) is 29.2 Å². The molecule has 6 nitrogen and oxygen atoms in total. The number of piperidine rings is 2. The second-order valence-corrected chi connectivity index (χ2v) is 11.4. The summed E-state index contributed by atoms with van der Waals surface area (Å²) in [5, 5.41) is 2.96. The highest BCUT2D eigenvalue weighted by Crippen LogP contribution is 2.26. The Morgan fingerprint density at radius 3 is 2.20 bits per heavy atom. The summed E-state index contributed by atoms with van der Waals surface area (Å²) < 4.78 is 27.5. The van der Waals surface area contributed by atoms with Gasteiger partial charge in [0, 0.05) is 25.2 Å². The molecule has 1 aromatic rings. The SMILES string of the molecule is CC1CCN(CCCNC(=O)c2ccc(S(=O)(=O)N3C[C@H](C)C[C@H](C)C3)cc2)CC1. The molecule has 0 spiro atoms. The van der Waals surface area contributed by atoms with Gasteiger partial charge in [0.15, 0.2) is 0 Å². The first-order chi connectivity index (χ1) is 14.3. The van der Waals surface area contributed by atoms with Crippen LogP contribution in [0.3, 0.4) is 0 Å². The molecule has 3 rings (SSSR count). The van der Waals surface area contributed by atoms with Crippen molar-refractivity contribution >= 4 is 15.9 Å². The number of nitrogens with one attached hydrogen (secondary N) is 1. The molecule has 1 aromatic carbocycles. The summed E-state index contributed by atoms with van der Waals surface area (Å²) in [6.45, 7) is 11.6. The number of sulfonamides is 1. The van der Waals surface area contributed by atoms with E-state index in [1.165, 1.54) is 12.8 Å². The Hall–Kier alpha value is -1.44. The van der Waals surface area contributed by atoms with Gasteiger partial charge in [0.25, 0.3) is 5.91 Å². The molecule has 2 aliphatic rings. The Balaban J connectivity index is 1.49. The number of nitrogens with zero attached hydrogens (tertiary/aromatic N) is 2. The number of carbonyl (C=O) groups is 1. The van der Waals surface area contributed by atoms with E-state index in [9.17, 15) is 13.2 Å². The maximum absolute atomic E-state index is 13.0. The van der Waals surface area contributed by atoms with Crippen LogP contribution in [-0.4, -0.2) is 62.8 Å². The van der Waals surface area contributed by atoms with E-state index in [1.54, 1.807) is 28.6 Å². The van der Waals surface area contributed by atoms with E-state index >= 15 is 0 Å². The van der Waals surface area contributed by atoms with E-state index in [0.29, 0.717) is 37.0 Å². The molecule has 2 aliphatic heterocycles. The lowest BCUT2D eigenvalue weighted by atomic mass is 9.94. The molecule has 2 atom stereocenters. The molecule has 0 radical (unpaired) electrons. The van der Waals surface area contributed by atoms with Crippen LogP contribution in [0.2, 0.25) is 0 Å². The van der Waals surface area contributed by atoms with E-state index in [0.717, 1.165) is 38.4 Å². The minimum Gasteiger partial charge on any atom is -0.352 e. The van der Waals surface area contributed by atoms with Gasteiger partial charge in [-0.2, -0.15) is 4.31 Å². The molecule has 0 aliphatic carbocycles. The highest BCUT2D eigenvalue weighted by Gasteiger charge is 2.31. The summed E-state index contributed by atoms with van der Waals surface area (Å²) in [6, 6.07) is 6.35. The molecule has 2 fully saturated rings. The second-order valence-electron chi connectivity index (χ2n) is 9.43. The van der Waals surface area contributed by atoms with Crippen LogP contribution in [0, 0.1) is 17.8 Å². The molecule has 1 N–H and O–H groups in total. The fourth-order valence-corrected chi connectivity index (χ4v) is 6.30. The topological polar surface area (TPSA) is 69.7 Å². The Bertz CT molecular complexity index is 791. The molecular weight excluding hydrogens is 398 g/mol. The van der Waals surface area contributed by atoms with Gasteiger partial charge in [0.1, 0.15) is 0 Å². The fourth-order valence-electron chi connectivity index (χ4n) is 4.62. The van der Waals surface area contributed by atoms with Crippen LogP contribution in [0.5, 0.6) is 0 Å². The quantitative estimate of drug-likeness (QED) is 0.668. The summed E-state index contributed by atoms with van der Waals surface area (Å²) in [6.07, 6.45) is 4.51. The van der Waals surface area contributed by atoms with Gasteiger partial charge < -0.3 is 10.2 Å². The maximum atomic E-state index is 13.0. The van der Waals surface area contributed by atoms with Crippen molar-refractivity contribution in [2.24, 2.45) is 17.8 Å². The van der Waals surface area contributed by atoms with Gasteiger partial charge in [0.2, 0.25) is 10.0 Å². The van der Waals surface area contributed by atoms with Gasteiger partial charge in [-0.1, -0.05) is 20.8 Å². The lowest BCUT2D eigenvalue weighted by Crippen LogP contribution is -2.42. The number of benzene rings is 1. The lowest BCUT2D eigenvalue weighted by molar-refractivity contribution is 0.0950. The van der Waals surface area contributed by atoms with Crippen LogP contribution in [0.25, 0.3) is 0 Å². The third kappa shape index (κ3) is 6.05.